The van der Waals surface area contributed by atoms with Gasteiger partial charge >= 0.3 is 0 Å². The van der Waals surface area contributed by atoms with Gasteiger partial charge in [-0.2, -0.15) is 0 Å². The Hall–Kier alpha value is -4.88. The fraction of sp³-hybridized carbons (Fsp3) is 0.0769. The molecular weight excluding hydrogens is 482 g/mol. The van der Waals surface area contributed by atoms with Crippen molar-refractivity contribution in [3.63, 3.8) is 0 Å². The summed E-state index contributed by atoms with van der Waals surface area (Å²) in [4.78, 5) is 2.42. The highest BCUT2D eigenvalue weighted by atomic mass is 15.1. The van der Waals surface area contributed by atoms with Crippen LogP contribution in [0.1, 0.15) is 19.4 Å². The third kappa shape index (κ3) is 4.61. The van der Waals surface area contributed by atoms with Crippen molar-refractivity contribution >= 4 is 39.0 Å². The molecule has 40 heavy (non-hydrogen) atoms. The van der Waals surface area contributed by atoms with Crippen molar-refractivity contribution in [1.29, 1.82) is 0 Å². The molecule has 6 aromatic rings. The smallest absolute Gasteiger partial charge is 0.0487 e. The molecule has 0 bridgehead atoms. The van der Waals surface area contributed by atoms with Crippen LogP contribution in [0.2, 0.25) is 0 Å². The standard InChI is InChI=1S/C36H27N.C3H6/c1-25-23-28-13-5-10-18-34(28)37(24-25)29-21-19-27(20-22-29)36-32-16-8-6-14-30(32)35(26-11-3-2-4-12-26)31-15-7-9-17-33(31)36;1-3-2/h2-23H,24H2,1H3;3H,1H2,2H3. The maximum Gasteiger partial charge on any atom is 0.0487 e. The molecule has 0 radical (unpaired) electrons. The predicted octanol–water partition coefficient (Wildman–Crippen LogP) is 11.1. The third-order valence-corrected chi connectivity index (χ3v) is 7.50. The highest BCUT2D eigenvalue weighted by Gasteiger charge is 2.19. The number of fused-ring (bicyclic) bond motifs is 3. The molecule has 0 aliphatic carbocycles. The molecule has 0 unspecified atom stereocenters. The lowest BCUT2D eigenvalue weighted by Gasteiger charge is -2.30. The normalized spacial score (nSPS) is 12.3. The second kappa shape index (κ2) is 11.1. The molecule has 0 atom stereocenters. The molecule has 0 spiro atoms. The largest absolute Gasteiger partial charge is 0.337 e. The summed E-state index contributed by atoms with van der Waals surface area (Å²) in [6.45, 7) is 8.37. The van der Waals surface area contributed by atoms with Gasteiger partial charge in [-0.1, -0.05) is 127 Å². The van der Waals surface area contributed by atoms with E-state index in [0.29, 0.717) is 0 Å². The van der Waals surface area contributed by atoms with Gasteiger partial charge in [-0.25, -0.2) is 0 Å². The van der Waals surface area contributed by atoms with Crippen molar-refractivity contribution in [2.75, 3.05) is 11.4 Å². The molecule has 1 aliphatic heterocycles. The lowest BCUT2D eigenvalue weighted by Crippen LogP contribution is -2.22. The molecule has 0 saturated carbocycles. The molecule has 7 rings (SSSR count). The molecule has 0 N–H and O–H groups in total. The zero-order valence-electron chi connectivity index (χ0n) is 23.1. The minimum atomic E-state index is 0.911. The van der Waals surface area contributed by atoms with Crippen LogP contribution in [0.15, 0.2) is 146 Å². The summed E-state index contributed by atoms with van der Waals surface area (Å²) in [7, 11) is 0. The molecule has 1 nitrogen and oxygen atoms in total. The van der Waals surface area contributed by atoms with Crippen molar-refractivity contribution in [2.24, 2.45) is 0 Å². The van der Waals surface area contributed by atoms with E-state index < -0.39 is 0 Å². The quantitative estimate of drug-likeness (QED) is 0.167. The Labute approximate surface area is 237 Å². The monoisotopic (exact) mass is 515 g/mol. The zero-order valence-corrected chi connectivity index (χ0v) is 23.1. The van der Waals surface area contributed by atoms with E-state index >= 15 is 0 Å². The van der Waals surface area contributed by atoms with Gasteiger partial charge in [0.05, 0.1) is 0 Å². The Morgan fingerprint density at radius 2 is 1.02 bits per heavy atom. The Morgan fingerprint density at radius 3 is 1.57 bits per heavy atom. The van der Waals surface area contributed by atoms with Gasteiger partial charge < -0.3 is 4.90 Å². The number of nitrogens with zero attached hydrogens (tertiary/aromatic N) is 1. The molecule has 0 fully saturated rings. The minimum absolute atomic E-state index is 0.911. The van der Waals surface area contributed by atoms with Gasteiger partial charge in [0.1, 0.15) is 0 Å². The number of benzene rings is 6. The minimum Gasteiger partial charge on any atom is -0.337 e. The number of rotatable bonds is 3. The Bertz CT molecular complexity index is 1790. The Balaban J connectivity index is 0.000000925. The van der Waals surface area contributed by atoms with E-state index in [9.17, 15) is 0 Å². The molecule has 194 valence electrons. The first-order chi connectivity index (χ1) is 19.7. The van der Waals surface area contributed by atoms with Crippen LogP contribution in [-0.4, -0.2) is 6.54 Å². The van der Waals surface area contributed by atoms with E-state index in [1.807, 2.05) is 6.92 Å². The second-order valence-corrected chi connectivity index (χ2v) is 10.3. The third-order valence-electron chi connectivity index (χ3n) is 7.50. The van der Waals surface area contributed by atoms with Gasteiger partial charge in [0.15, 0.2) is 0 Å². The summed E-state index contributed by atoms with van der Waals surface area (Å²) in [5.41, 5.74) is 10.2. The predicted molar refractivity (Wildman–Crippen MR) is 175 cm³/mol. The van der Waals surface area contributed by atoms with Crippen LogP contribution in [0.5, 0.6) is 0 Å². The molecule has 0 saturated heterocycles. The molecule has 0 aromatic heterocycles. The van der Waals surface area contributed by atoms with Crippen molar-refractivity contribution in [3.05, 3.63) is 151 Å². The molecule has 1 heteroatoms. The summed E-state index contributed by atoms with van der Waals surface area (Å²) in [5, 5.41) is 5.15. The van der Waals surface area contributed by atoms with E-state index in [2.05, 4.69) is 152 Å². The topological polar surface area (TPSA) is 3.24 Å². The Morgan fingerprint density at radius 1 is 0.575 bits per heavy atom. The van der Waals surface area contributed by atoms with E-state index in [4.69, 9.17) is 0 Å². The van der Waals surface area contributed by atoms with E-state index in [1.165, 1.54) is 66.3 Å². The van der Waals surface area contributed by atoms with Crippen molar-refractivity contribution in [2.45, 2.75) is 13.8 Å². The van der Waals surface area contributed by atoms with Gasteiger partial charge in [-0.3, -0.25) is 0 Å². The number of anilines is 2. The fourth-order valence-corrected chi connectivity index (χ4v) is 5.89. The van der Waals surface area contributed by atoms with Crippen molar-refractivity contribution < 1.29 is 0 Å². The maximum absolute atomic E-state index is 3.36. The van der Waals surface area contributed by atoms with Crippen LogP contribution < -0.4 is 4.90 Å². The maximum atomic E-state index is 3.36. The molecular formula is C39H33N. The van der Waals surface area contributed by atoms with Crippen LogP contribution in [-0.2, 0) is 0 Å². The number of para-hydroxylation sites is 1. The van der Waals surface area contributed by atoms with E-state index in [-0.39, 0.29) is 0 Å². The molecule has 1 heterocycles. The lowest BCUT2D eigenvalue weighted by atomic mass is 9.86. The van der Waals surface area contributed by atoms with Gasteiger partial charge in [0.25, 0.3) is 0 Å². The van der Waals surface area contributed by atoms with Gasteiger partial charge in [0, 0.05) is 17.9 Å². The van der Waals surface area contributed by atoms with Crippen molar-refractivity contribution in [3.8, 4) is 22.3 Å². The summed E-state index contributed by atoms with van der Waals surface area (Å²) < 4.78 is 0. The number of hydrogen-bond acceptors (Lipinski definition) is 1. The summed E-state index contributed by atoms with van der Waals surface area (Å²) in [6.07, 6.45) is 4.05. The Kier molecular flexibility index (Phi) is 7.04. The average molecular weight is 516 g/mol. The van der Waals surface area contributed by atoms with E-state index in [0.717, 1.165) is 6.54 Å². The number of hydrogen-bond donors (Lipinski definition) is 0. The van der Waals surface area contributed by atoms with Gasteiger partial charge in [0.2, 0.25) is 0 Å². The number of allylic oxidation sites excluding steroid dienone is 1. The van der Waals surface area contributed by atoms with Crippen LogP contribution in [0.4, 0.5) is 11.4 Å². The van der Waals surface area contributed by atoms with Gasteiger partial charge in [-0.15, -0.1) is 6.58 Å². The summed E-state index contributed by atoms with van der Waals surface area (Å²) in [5.74, 6) is 0. The summed E-state index contributed by atoms with van der Waals surface area (Å²) >= 11 is 0. The first-order valence-corrected chi connectivity index (χ1v) is 13.9. The SMILES string of the molecule is C=CC.CC1=Cc2ccccc2N(c2ccc(-c3c4ccccc4c(-c4ccccc4)c4ccccc34)cc2)C1. The van der Waals surface area contributed by atoms with E-state index in [1.54, 1.807) is 6.08 Å². The van der Waals surface area contributed by atoms with Crippen molar-refractivity contribution in [1.82, 2.24) is 0 Å². The van der Waals surface area contributed by atoms with Gasteiger partial charge in [-0.05, 0) is 81.4 Å². The first-order valence-electron chi connectivity index (χ1n) is 13.9. The van der Waals surface area contributed by atoms with Crippen LogP contribution >= 0.6 is 0 Å². The zero-order chi connectivity index (χ0) is 27.5. The average Bonchev–Trinajstić information content (AvgIpc) is 3.00. The molecule has 6 aromatic carbocycles. The van der Waals surface area contributed by atoms with Crippen LogP contribution in [0, 0.1) is 0 Å². The van der Waals surface area contributed by atoms with Crippen LogP contribution in [0.25, 0.3) is 49.9 Å². The highest BCUT2D eigenvalue weighted by molar-refractivity contribution is 6.21. The fourth-order valence-electron chi connectivity index (χ4n) is 5.89. The molecule has 1 aliphatic rings. The highest BCUT2D eigenvalue weighted by Crippen LogP contribution is 2.44. The first kappa shape index (κ1) is 25.4. The summed E-state index contributed by atoms with van der Waals surface area (Å²) in [6, 6.07) is 46.3. The van der Waals surface area contributed by atoms with Crippen LogP contribution in [0.3, 0.4) is 0 Å². The second-order valence-electron chi connectivity index (χ2n) is 10.3. The lowest BCUT2D eigenvalue weighted by molar-refractivity contribution is 1.02. The molecule has 0 amide bonds.